The summed E-state index contributed by atoms with van der Waals surface area (Å²) in [5, 5.41) is 11.2. The molecule has 12 heteroatoms. The van der Waals surface area contributed by atoms with Crippen LogP contribution in [0.4, 0.5) is 33.7 Å². The number of aromatic amines is 1. The second-order valence-electron chi connectivity index (χ2n) is 8.93. The average Bonchev–Trinajstić information content (AvgIpc) is 3.31. The van der Waals surface area contributed by atoms with Crippen molar-refractivity contribution in [1.29, 1.82) is 0 Å². The van der Waals surface area contributed by atoms with Crippen LogP contribution in [-0.4, -0.2) is 40.8 Å². The summed E-state index contributed by atoms with van der Waals surface area (Å²) in [6, 6.07) is 6.22. The Bertz CT molecular complexity index is 1430. The second-order valence-corrected chi connectivity index (χ2v) is 8.93. The van der Waals surface area contributed by atoms with Crippen molar-refractivity contribution in [2.45, 2.75) is 25.1 Å². The maximum atomic E-state index is 14.8. The quantitative estimate of drug-likeness (QED) is 0.394. The number of rotatable bonds is 5. The molecule has 192 valence electrons. The van der Waals surface area contributed by atoms with E-state index in [9.17, 15) is 27.2 Å². The van der Waals surface area contributed by atoms with Crippen LogP contribution < -0.4 is 15.4 Å². The Kier molecular flexibility index (Phi) is 5.98. The van der Waals surface area contributed by atoms with E-state index in [2.05, 4.69) is 20.8 Å². The number of carbonyl (C=O) groups is 2. The molecule has 0 spiro atoms. The topological polar surface area (TPSA) is 105 Å². The molecule has 1 saturated heterocycles. The molecule has 0 atom stereocenters. The summed E-state index contributed by atoms with van der Waals surface area (Å²) in [4.78, 5) is 24.4. The highest BCUT2D eigenvalue weighted by molar-refractivity contribution is 6.06. The molecule has 3 N–H and O–H groups in total. The van der Waals surface area contributed by atoms with E-state index in [0.29, 0.717) is 22.4 Å². The summed E-state index contributed by atoms with van der Waals surface area (Å²) in [5.74, 6) is -1.27. The van der Waals surface area contributed by atoms with Crippen LogP contribution in [0.15, 0.2) is 48.7 Å². The van der Waals surface area contributed by atoms with Crippen LogP contribution in [0.25, 0.3) is 5.57 Å². The van der Waals surface area contributed by atoms with Gasteiger partial charge in [0, 0.05) is 17.7 Å². The number of nitrogens with zero attached hydrogens (tertiary/aromatic N) is 1. The Balaban J connectivity index is 1.30. The molecular formula is C25H20F4N4O4. The zero-order valence-electron chi connectivity index (χ0n) is 19.3. The molecule has 1 aliphatic heterocycles. The Morgan fingerprint density at radius 2 is 1.95 bits per heavy atom. The van der Waals surface area contributed by atoms with Gasteiger partial charge in [-0.1, -0.05) is 12.1 Å². The molecule has 0 bridgehead atoms. The van der Waals surface area contributed by atoms with Crippen molar-refractivity contribution in [2.24, 2.45) is 0 Å². The maximum Gasteiger partial charge on any atom is 0.420 e. The minimum Gasteiger partial charge on any atom is -0.482 e. The molecule has 0 saturated carbocycles. The first-order valence-corrected chi connectivity index (χ1v) is 11.2. The van der Waals surface area contributed by atoms with E-state index >= 15 is 0 Å². The zero-order chi connectivity index (χ0) is 26.4. The van der Waals surface area contributed by atoms with Gasteiger partial charge in [-0.05, 0) is 42.8 Å². The van der Waals surface area contributed by atoms with Crippen LogP contribution in [0, 0.1) is 5.82 Å². The number of urea groups is 1. The molecule has 2 amide bonds. The lowest BCUT2D eigenvalue weighted by atomic mass is 9.91. The number of anilines is 2. The molecule has 5 rings (SSSR count). The van der Waals surface area contributed by atoms with Gasteiger partial charge in [-0.25, -0.2) is 9.18 Å². The fourth-order valence-corrected chi connectivity index (χ4v) is 4.07. The molecule has 1 fully saturated rings. The number of hydrogen-bond acceptors (Lipinski definition) is 5. The number of carbonyl (C=O) groups excluding carboxylic acids is 2. The average molecular weight is 516 g/mol. The van der Waals surface area contributed by atoms with E-state index < -0.39 is 29.2 Å². The van der Waals surface area contributed by atoms with Crippen molar-refractivity contribution in [1.82, 2.24) is 10.2 Å². The molecule has 1 aliphatic carbocycles. The summed E-state index contributed by atoms with van der Waals surface area (Å²) >= 11 is 0. The van der Waals surface area contributed by atoms with E-state index in [1.165, 1.54) is 24.4 Å². The number of allylic oxidation sites excluding steroid dienone is 1. The second kappa shape index (κ2) is 9.04. The third-order valence-corrected chi connectivity index (χ3v) is 5.94. The lowest BCUT2D eigenvalue weighted by Gasteiger charge is -2.38. The minimum atomic E-state index is -4.74. The predicted octanol–water partition coefficient (Wildman–Crippen LogP) is 5.40. The van der Waals surface area contributed by atoms with Crippen LogP contribution in [0.5, 0.6) is 5.75 Å². The summed E-state index contributed by atoms with van der Waals surface area (Å²) < 4.78 is 66.2. The van der Waals surface area contributed by atoms with E-state index in [0.717, 1.165) is 12.1 Å². The fourth-order valence-electron chi connectivity index (χ4n) is 4.07. The highest BCUT2D eigenvalue weighted by Crippen LogP contribution is 2.40. The normalized spacial score (nSPS) is 16.4. The first-order chi connectivity index (χ1) is 17.5. The van der Waals surface area contributed by atoms with Gasteiger partial charge in [0.15, 0.2) is 11.4 Å². The first kappa shape index (κ1) is 24.5. The van der Waals surface area contributed by atoms with Gasteiger partial charge in [-0.2, -0.15) is 18.3 Å². The first-order valence-electron chi connectivity index (χ1n) is 11.2. The number of fused-ring (bicyclic) bond motifs is 1. The molecule has 2 aliphatic rings. The van der Waals surface area contributed by atoms with E-state index in [1.807, 2.05) is 0 Å². The number of amides is 2. The van der Waals surface area contributed by atoms with E-state index in [4.69, 9.17) is 9.47 Å². The van der Waals surface area contributed by atoms with Crippen LogP contribution in [0.3, 0.4) is 0 Å². The smallest absolute Gasteiger partial charge is 0.420 e. The highest BCUT2D eigenvalue weighted by atomic mass is 19.4. The minimum absolute atomic E-state index is 0.109. The highest BCUT2D eigenvalue weighted by Gasteiger charge is 2.40. The molecule has 0 radical (unpaired) electrons. The molecule has 1 aromatic heterocycles. The summed E-state index contributed by atoms with van der Waals surface area (Å²) in [7, 11) is 0. The van der Waals surface area contributed by atoms with E-state index in [1.54, 1.807) is 19.1 Å². The van der Waals surface area contributed by atoms with Gasteiger partial charge < -0.3 is 20.1 Å². The van der Waals surface area contributed by atoms with Crippen LogP contribution in [0.1, 0.15) is 40.5 Å². The Hall–Kier alpha value is -4.19. The summed E-state index contributed by atoms with van der Waals surface area (Å²) in [6.45, 7) is 1.96. The largest absolute Gasteiger partial charge is 0.482 e. The third-order valence-electron chi connectivity index (χ3n) is 5.94. The van der Waals surface area contributed by atoms with Gasteiger partial charge >= 0.3 is 12.2 Å². The molecule has 0 unspecified atom stereocenters. The number of alkyl halides is 3. The molecule has 8 nitrogen and oxygen atoms in total. The SMILES string of the molecule is CC1(Oc2ccc(NC(=O)Nc3ccc(C4=CCC(=O)c5cn[nH]c54)cc3F)cc2C(F)(F)F)COC1. The maximum absolute atomic E-state index is 14.8. The number of benzene rings is 2. The lowest BCUT2D eigenvalue weighted by Crippen LogP contribution is -2.51. The summed E-state index contributed by atoms with van der Waals surface area (Å²) in [5.41, 5.74) is -0.348. The van der Waals surface area contributed by atoms with Gasteiger partial charge in [0.25, 0.3) is 0 Å². The van der Waals surface area contributed by atoms with Crippen LogP contribution in [-0.2, 0) is 10.9 Å². The Morgan fingerprint density at radius 1 is 1.16 bits per heavy atom. The van der Waals surface area contributed by atoms with Crippen molar-refractivity contribution in [3.8, 4) is 5.75 Å². The standard InChI is InChI=1S/C25H20F4N4O4/c1-24(11-36-12-24)37-21-7-3-14(9-17(21)25(27,28)29)31-23(35)32-19-5-2-13(8-18(19)26)15-4-6-20(34)16-10-30-33-22(15)16/h2-5,7-10H,6,11-12H2,1H3,(H,30,33)(H2,31,32,35). The van der Waals surface area contributed by atoms with Crippen LogP contribution in [0.2, 0.25) is 0 Å². The van der Waals surface area contributed by atoms with Gasteiger partial charge in [0.1, 0.15) is 11.6 Å². The lowest BCUT2D eigenvalue weighted by molar-refractivity contribution is -0.160. The number of ether oxygens (including phenoxy) is 2. The Morgan fingerprint density at radius 3 is 2.62 bits per heavy atom. The summed E-state index contributed by atoms with van der Waals surface area (Å²) in [6.07, 6.45) is -1.53. The molecular weight excluding hydrogens is 496 g/mol. The molecule has 37 heavy (non-hydrogen) atoms. The Labute approximate surface area is 207 Å². The van der Waals surface area contributed by atoms with Gasteiger partial charge in [-0.15, -0.1) is 0 Å². The number of Topliss-reactive ketones (excluding diaryl/α,β-unsaturated/α-hetero) is 1. The van der Waals surface area contributed by atoms with Gasteiger partial charge in [-0.3, -0.25) is 9.89 Å². The monoisotopic (exact) mass is 516 g/mol. The number of nitrogens with one attached hydrogen (secondary N) is 3. The van der Waals surface area contributed by atoms with Crippen molar-refractivity contribution >= 4 is 28.8 Å². The molecule has 2 aromatic carbocycles. The van der Waals surface area contributed by atoms with Crippen molar-refractivity contribution in [2.75, 3.05) is 23.8 Å². The van der Waals surface area contributed by atoms with Gasteiger partial charge in [0.05, 0.1) is 41.9 Å². The molecule has 2 heterocycles. The predicted molar refractivity (Wildman–Crippen MR) is 125 cm³/mol. The fraction of sp³-hybridized carbons (Fsp3) is 0.240. The van der Waals surface area contributed by atoms with Crippen molar-refractivity contribution in [3.05, 3.63) is 76.9 Å². The zero-order valence-corrected chi connectivity index (χ0v) is 19.3. The number of halogens is 4. The number of aromatic nitrogens is 2. The van der Waals surface area contributed by atoms with Gasteiger partial charge in [0.2, 0.25) is 0 Å². The number of ketones is 1. The van der Waals surface area contributed by atoms with Crippen molar-refractivity contribution in [3.63, 3.8) is 0 Å². The number of H-pyrrole nitrogens is 1. The van der Waals surface area contributed by atoms with E-state index in [-0.39, 0.29) is 42.5 Å². The molecule has 3 aromatic rings. The van der Waals surface area contributed by atoms with Crippen LogP contribution >= 0.6 is 0 Å². The number of hydrogen-bond donors (Lipinski definition) is 3. The third kappa shape index (κ3) is 4.92. The van der Waals surface area contributed by atoms with Crippen molar-refractivity contribution < 1.29 is 36.6 Å².